The number of thiophene rings is 1. The Morgan fingerprint density at radius 1 is 1.24 bits per heavy atom. The summed E-state index contributed by atoms with van der Waals surface area (Å²) in [6, 6.07) is 12.9. The van der Waals surface area contributed by atoms with Crippen LogP contribution in [0.2, 0.25) is 4.34 Å². The first-order chi connectivity index (χ1) is 11.8. The van der Waals surface area contributed by atoms with Crippen LogP contribution in [0.5, 0.6) is 0 Å². The lowest BCUT2D eigenvalue weighted by molar-refractivity contribution is -0.121. The van der Waals surface area contributed by atoms with Crippen molar-refractivity contribution in [2.75, 3.05) is 13.6 Å². The molecule has 1 heterocycles. The molecule has 2 aromatic rings. The molecular formula is C17H21ClN2O3S2. The van der Waals surface area contributed by atoms with Crippen molar-refractivity contribution >= 4 is 38.9 Å². The van der Waals surface area contributed by atoms with E-state index in [1.807, 2.05) is 37.3 Å². The average Bonchev–Trinajstić information content (AvgIpc) is 3.01. The Morgan fingerprint density at radius 3 is 2.52 bits per heavy atom. The van der Waals surface area contributed by atoms with Crippen molar-refractivity contribution in [1.29, 1.82) is 0 Å². The molecular weight excluding hydrogens is 380 g/mol. The zero-order valence-corrected chi connectivity index (χ0v) is 16.5. The smallest absolute Gasteiger partial charge is 0.252 e. The number of halogens is 1. The third kappa shape index (κ3) is 5.81. The largest absolute Gasteiger partial charge is 0.352 e. The Balaban J connectivity index is 1.84. The highest BCUT2D eigenvalue weighted by atomic mass is 35.5. The standard InChI is InChI=1S/C17H21ClN2O3S2/c1-13(8-9-14-6-4-3-5-7-14)19-16(21)12-20(2)25(22,23)17-11-10-15(18)24-17/h3-7,10-11,13H,8-9,12H2,1-2H3,(H,19,21). The number of sulfonamides is 1. The number of aryl methyl sites for hydroxylation is 1. The normalized spacial score (nSPS) is 13.0. The lowest BCUT2D eigenvalue weighted by Crippen LogP contribution is -2.41. The van der Waals surface area contributed by atoms with E-state index in [0.717, 1.165) is 28.5 Å². The van der Waals surface area contributed by atoms with Gasteiger partial charge in [-0.15, -0.1) is 11.3 Å². The lowest BCUT2D eigenvalue weighted by Gasteiger charge is -2.18. The summed E-state index contributed by atoms with van der Waals surface area (Å²) in [7, 11) is -2.31. The maximum absolute atomic E-state index is 12.4. The van der Waals surface area contributed by atoms with Crippen LogP contribution in [-0.4, -0.2) is 38.3 Å². The van der Waals surface area contributed by atoms with Crippen LogP contribution in [0, 0.1) is 0 Å². The number of hydrogen-bond donors (Lipinski definition) is 1. The van der Waals surface area contributed by atoms with Gasteiger partial charge < -0.3 is 5.32 Å². The summed E-state index contributed by atoms with van der Waals surface area (Å²) in [6.07, 6.45) is 1.64. The van der Waals surface area contributed by atoms with Gasteiger partial charge in [0, 0.05) is 13.1 Å². The highest BCUT2D eigenvalue weighted by molar-refractivity contribution is 7.91. The van der Waals surface area contributed by atoms with Gasteiger partial charge in [0.15, 0.2) is 0 Å². The van der Waals surface area contributed by atoms with Gasteiger partial charge in [0.1, 0.15) is 4.21 Å². The van der Waals surface area contributed by atoms with Crippen molar-refractivity contribution in [1.82, 2.24) is 9.62 Å². The highest BCUT2D eigenvalue weighted by Crippen LogP contribution is 2.27. The second-order valence-electron chi connectivity index (χ2n) is 5.81. The Kier molecular flexibility index (Phi) is 7.01. The summed E-state index contributed by atoms with van der Waals surface area (Å²) in [5.41, 5.74) is 1.21. The maximum Gasteiger partial charge on any atom is 0.252 e. The van der Waals surface area contributed by atoms with E-state index < -0.39 is 10.0 Å². The molecule has 0 bridgehead atoms. The van der Waals surface area contributed by atoms with Crippen LogP contribution in [0.4, 0.5) is 0 Å². The Labute approximate surface area is 157 Å². The van der Waals surface area contributed by atoms with Gasteiger partial charge in [-0.25, -0.2) is 8.42 Å². The van der Waals surface area contributed by atoms with E-state index in [0.29, 0.717) is 4.34 Å². The van der Waals surface area contributed by atoms with Crippen LogP contribution in [0.15, 0.2) is 46.7 Å². The average molecular weight is 401 g/mol. The highest BCUT2D eigenvalue weighted by Gasteiger charge is 2.25. The van der Waals surface area contributed by atoms with Crippen molar-refractivity contribution in [2.24, 2.45) is 0 Å². The zero-order valence-electron chi connectivity index (χ0n) is 14.1. The van der Waals surface area contributed by atoms with Gasteiger partial charge in [-0.3, -0.25) is 4.79 Å². The third-order valence-corrected chi connectivity index (χ3v) is 7.20. The summed E-state index contributed by atoms with van der Waals surface area (Å²) in [5.74, 6) is -0.325. The fraction of sp³-hybridized carbons (Fsp3) is 0.353. The SMILES string of the molecule is CC(CCc1ccccc1)NC(=O)CN(C)S(=O)(=O)c1ccc(Cl)s1. The molecule has 1 unspecified atom stereocenters. The van der Waals surface area contributed by atoms with Crippen LogP contribution in [0.3, 0.4) is 0 Å². The monoisotopic (exact) mass is 400 g/mol. The second-order valence-corrected chi connectivity index (χ2v) is 9.80. The Bertz CT molecular complexity index is 806. The molecule has 136 valence electrons. The van der Waals surface area contributed by atoms with Crippen LogP contribution in [-0.2, 0) is 21.2 Å². The van der Waals surface area contributed by atoms with Crippen molar-refractivity contribution in [3.63, 3.8) is 0 Å². The topological polar surface area (TPSA) is 66.5 Å². The number of carbonyl (C=O) groups is 1. The molecule has 0 saturated heterocycles. The quantitative estimate of drug-likeness (QED) is 0.740. The van der Waals surface area contributed by atoms with Crippen molar-refractivity contribution in [3.05, 3.63) is 52.4 Å². The predicted octanol–water partition coefficient (Wildman–Crippen LogP) is 3.16. The molecule has 1 N–H and O–H groups in total. The van der Waals surface area contributed by atoms with E-state index in [1.165, 1.54) is 24.7 Å². The summed E-state index contributed by atoms with van der Waals surface area (Å²) in [6.45, 7) is 1.68. The van der Waals surface area contributed by atoms with Crippen molar-refractivity contribution in [2.45, 2.75) is 30.0 Å². The number of nitrogens with zero attached hydrogens (tertiary/aromatic N) is 1. The van der Waals surface area contributed by atoms with Crippen LogP contribution >= 0.6 is 22.9 Å². The number of likely N-dealkylation sites (N-methyl/N-ethyl adjacent to an activating group) is 1. The molecule has 0 radical (unpaired) electrons. The predicted molar refractivity (Wildman–Crippen MR) is 102 cm³/mol. The maximum atomic E-state index is 12.4. The number of rotatable bonds is 8. The molecule has 5 nitrogen and oxygen atoms in total. The van der Waals surface area contributed by atoms with E-state index in [-0.39, 0.29) is 22.7 Å². The van der Waals surface area contributed by atoms with Gasteiger partial charge in [0.05, 0.1) is 10.9 Å². The van der Waals surface area contributed by atoms with E-state index >= 15 is 0 Å². The minimum atomic E-state index is -3.70. The number of hydrogen-bond acceptors (Lipinski definition) is 4. The van der Waals surface area contributed by atoms with Gasteiger partial charge in [0.25, 0.3) is 10.0 Å². The van der Waals surface area contributed by atoms with Crippen LogP contribution < -0.4 is 5.32 Å². The fourth-order valence-corrected chi connectivity index (χ4v) is 5.12. The third-order valence-electron chi connectivity index (χ3n) is 3.70. The molecule has 0 saturated carbocycles. The van der Waals surface area contributed by atoms with Gasteiger partial charge in [-0.05, 0) is 37.5 Å². The van der Waals surface area contributed by atoms with E-state index in [9.17, 15) is 13.2 Å². The molecule has 25 heavy (non-hydrogen) atoms. The van der Waals surface area contributed by atoms with Gasteiger partial charge in [-0.2, -0.15) is 4.31 Å². The molecule has 8 heteroatoms. The lowest BCUT2D eigenvalue weighted by atomic mass is 10.1. The van der Waals surface area contributed by atoms with Crippen LogP contribution in [0.25, 0.3) is 0 Å². The van der Waals surface area contributed by atoms with E-state index in [4.69, 9.17) is 11.6 Å². The van der Waals surface area contributed by atoms with Crippen molar-refractivity contribution < 1.29 is 13.2 Å². The minimum Gasteiger partial charge on any atom is -0.352 e. The number of benzene rings is 1. The summed E-state index contributed by atoms with van der Waals surface area (Å²) in [4.78, 5) is 12.1. The molecule has 1 aromatic carbocycles. The van der Waals surface area contributed by atoms with Crippen molar-refractivity contribution in [3.8, 4) is 0 Å². The first kappa shape index (κ1) is 19.9. The first-order valence-corrected chi connectivity index (χ1v) is 10.5. The Hall–Kier alpha value is -1.41. The Morgan fingerprint density at radius 2 is 1.92 bits per heavy atom. The minimum absolute atomic E-state index is 0.0417. The first-order valence-electron chi connectivity index (χ1n) is 7.84. The molecule has 0 aliphatic carbocycles. The van der Waals surface area contributed by atoms with E-state index in [1.54, 1.807) is 0 Å². The molecule has 1 amide bonds. The molecule has 0 spiro atoms. The van der Waals surface area contributed by atoms with Gasteiger partial charge >= 0.3 is 0 Å². The molecule has 0 aliphatic heterocycles. The number of nitrogens with one attached hydrogen (secondary N) is 1. The second kappa shape index (κ2) is 8.80. The fourth-order valence-electron chi connectivity index (χ4n) is 2.30. The molecule has 1 atom stereocenters. The number of carbonyl (C=O) groups excluding carboxylic acids is 1. The summed E-state index contributed by atoms with van der Waals surface area (Å²) < 4.78 is 26.3. The molecule has 2 rings (SSSR count). The van der Waals surface area contributed by atoms with E-state index in [2.05, 4.69) is 5.32 Å². The molecule has 0 fully saturated rings. The summed E-state index contributed by atoms with van der Waals surface area (Å²) >= 11 is 6.76. The van der Waals surface area contributed by atoms with Crippen LogP contribution in [0.1, 0.15) is 18.9 Å². The van der Waals surface area contributed by atoms with Gasteiger partial charge in [-0.1, -0.05) is 41.9 Å². The number of amides is 1. The zero-order chi connectivity index (χ0) is 18.4. The van der Waals surface area contributed by atoms with Gasteiger partial charge in [0.2, 0.25) is 5.91 Å². The molecule has 0 aliphatic rings. The molecule has 1 aromatic heterocycles. The summed E-state index contributed by atoms with van der Waals surface area (Å²) in [5, 5.41) is 2.84.